The van der Waals surface area contributed by atoms with Gasteiger partial charge >= 0.3 is 0 Å². The second kappa shape index (κ2) is 4.81. The summed E-state index contributed by atoms with van der Waals surface area (Å²) in [6.45, 7) is 1.08. The van der Waals surface area contributed by atoms with Crippen molar-refractivity contribution in [3.63, 3.8) is 0 Å². The molecule has 1 aromatic heterocycles. The van der Waals surface area contributed by atoms with Crippen LogP contribution in [0.25, 0.3) is 10.9 Å². The molecular formula is C10H10BrNO2. The topological polar surface area (TPSA) is 53.1 Å². The number of aromatic amines is 1. The van der Waals surface area contributed by atoms with Crippen molar-refractivity contribution in [3.8, 4) is 0 Å². The Morgan fingerprint density at radius 3 is 2.57 bits per heavy atom. The molecule has 0 atom stereocenters. The Bertz CT molecular complexity index is 399. The van der Waals surface area contributed by atoms with Gasteiger partial charge in [-0.25, -0.2) is 0 Å². The van der Waals surface area contributed by atoms with Gasteiger partial charge in [-0.2, -0.15) is 0 Å². The largest absolute Gasteiger partial charge is 0.481 e. The van der Waals surface area contributed by atoms with Gasteiger partial charge in [0, 0.05) is 17.8 Å². The van der Waals surface area contributed by atoms with Gasteiger partial charge in [0.1, 0.15) is 0 Å². The SMILES string of the molecule is Brc1cc2ccccc2[nH]1.CC(=O)O. The molecule has 4 heteroatoms. The number of carboxylic acids is 1. The Balaban J connectivity index is 0.000000213. The lowest BCUT2D eigenvalue weighted by molar-refractivity contribution is -0.134. The second-order valence-electron chi connectivity index (χ2n) is 2.72. The molecule has 14 heavy (non-hydrogen) atoms. The summed E-state index contributed by atoms with van der Waals surface area (Å²) in [7, 11) is 0. The van der Waals surface area contributed by atoms with Crippen LogP contribution in [0.2, 0.25) is 0 Å². The Hall–Kier alpha value is -1.29. The van der Waals surface area contributed by atoms with Crippen LogP contribution in [-0.2, 0) is 4.79 Å². The molecule has 0 amide bonds. The van der Waals surface area contributed by atoms with E-state index < -0.39 is 5.97 Å². The van der Waals surface area contributed by atoms with E-state index in [0.717, 1.165) is 11.5 Å². The predicted molar refractivity (Wildman–Crippen MR) is 59.3 cm³/mol. The van der Waals surface area contributed by atoms with Gasteiger partial charge in [0.25, 0.3) is 5.97 Å². The lowest BCUT2D eigenvalue weighted by Crippen LogP contribution is -1.78. The van der Waals surface area contributed by atoms with Gasteiger partial charge in [-0.1, -0.05) is 18.2 Å². The summed E-state index contributed by atoms with van der Waals surface area (Å²) in [5.74, 6) is -0.833. The Labute approximate surface area is 89.9 Å². The third-order valence-corrected chi connectivity index (χ3v) is 1.92. The number of nitrogens with one attached hydrogen (secondary N) is 1. The minimum absolute atomic E-state index is 0.833. The van der Waals surface area contributed by atoms with Gasteiger partial charge < -0.3 is 10.1 Å². The molecule has 0 fully saturated rings. The van der Waals surface area contributed by atoms with Crippen LogP contribution in [0, 0.1) is 0 Å². The highest BCUT2D eigenvalue weighted by Crippen LogP contribution is 2.17. The fourth-order valence-corrected chi connectivity index (χ4v) is 1.50. The van der Waals surface area contributed by atoms with E-state index in [-0.39, 0.29) is 0 Å². The number of aliphatic carboxylic acids is 1. The number of benzene rings is 1. The number of hydrogen-bond acceptors (Lipinski definition) is 1. The molecule has 3 nitrogen and oxygen atoms in total. The number of para-hydroxylation sites is 1. The van der Waals surface area contributed by atoms with Crippen molar-refractivity contribution in [2.45, 2.75) is 6.92 Å². The van der Waals surface area contributed by atoms with E-state index in [1.165, 1.54) is 10.9 Å². The van der Waals surface area contributed by atoms with E-state index in [9.17, 15) is 0 Å². The van der Waals surface area contributed by atoms with Crippen LogP contribution in [0.5, 0.6) is 0 Å². The Morgan fingerprint density at radius 2 is 2.00 bits per heavy atom. The smallest absolute Gasteiger partial charge is 0.300 e. The Kier molecular flexibility index (Phi) is 3.71. The molecule has 74 valence electrons. The highest BCUT2D eigenvalue weighted by molar-refractivity contribution is 9.10. The third-order valence-electron chi connectivity index (χ3n) is 1.50. The van der Waals surface area contributed by atoms with Crippen LogP contribution in [0.1, 0.15) is 6.92 Å². The van der Waals surface area contributed by atoms with Crippen molar-refractivity contribution in [1.82, 2.24) is 4.98 Å². The van der Waals surface area contributed by atoms with Crippen molar-refractivity contribution in [1.29, 1.82) is 0 Å². The number of carbonyl (C=O) groups is 1. The quantitative estimate of drug-likeness (QED) is 0.761. The molecule has 0 aliphatic heterocycles. The van der Waals surface area contributed by atoms with Crippen LogP contribution >= 0.6 is 15.9 Å². The van der Waals surface area contributed by atoms with Crippen molar-refractivity contribution in [2.75, 3.05) is 0 Å². The van der Waals surface area contributed by atoms with E-state index in [1.54, 1.807) is 0 Å². The standard InChI is InChI=1S/C8H6BrN.C2H4O2/c9-8-5-6-3-1-2-4-7(6)10-8;1-2(3)4/h1-5,10H;1H3,(H,3,4). The molecular weight excluding hydrogens is 246 g/mol. The third kappa shape index (κ3) is 3.22. The fourth-order valence-electron chi connectivity index (χ4n) is 1.04. The number of halogens is 1. The van der Waals surface area contributed by atoms with Crippen LogP contribution in [0.4, 0.5) is 0 Å². The molecule has 0 bridgehead atoms. The summed E-state index contributed by atoms with van der Waals surface area (Å²) in [5.41, 5.74) is 1.18. The van der Waals surface area contributed by atoms with Gasteiger partial charge in [-0.15, -0.1) is 0 Å². The lowest BCUT2D eigenvalue weighted by atomic mass is 10.3. The first-order valence-electron chi connectivity index (χ1n) is 4.02. The fraction of sp³-hybridized carbons (Fsp3) is 0.100. The number of aromatic nitrogens is 1. The van der Waals surface area contributed by atoms with Gasteiger partial charge in [-0.05, 0) is 28.1 Å². The average Bonchev–Trinajstić information content (AvgIpc) is 2.42. The van der Waals surface area contributed by atoms with Gasteiger partial charge in [0.2, 0.25) is 0 Å². The highest BCUT2D eigenvalue weighted by atomic mass is 79.9. The minimum atomic E-state index is -0.833. The van der Waals surface area contributed by atoms with Crippen molar-refractivity contribution >= 4 is 32.8 Å². The number of rotatable bonds is 0. The maximum atomic E-state index is 9.00. The Morgan fingerprint density at radius 1 is 1.43 bits per heavy atom. The summed E-state index contributed by atoms with van der Waals surface area (Å²) in [6, 6.07) is 10.2. The highest BCUT2D eigenvalue weighted by Gasteiger charge is 1.93. The zero-order valence-corrected chi connectivity index (χ0v) is 9.21. The molecule has 0 unspecified atom stereocenters. The molecule has 2 N–H and O–H groups in total. The maximum Gasteiger partial charge on any atom is 0.300 e. The van der Waals surface area contributed by atoms with Gasteiger partial charge in [0.15, 0.2) is 0 Å². The average molecular weight is 256 g/mol. The molecule has 2 rings (SSSR count). The molecule has 0 saturated heterocycles. The zero-order valence-electron chi connectivity index (χ0n) is 7.62. The second-order valence-corrected chi connectivity index (χ2v) is 3.58. The molecule has 0 spiro atoms. The summed E-state index contributed by atoms with van der Waals surface area (Å²) < 4.78 is 1.04. The lowest BCUT2D eigenvalue weighted by Gasteiger charge is -1.83. The van der Waals surface area contributed by atoms with E-state index in [0.29, 0.717) is 0 Å². The number of carboxylic acid groups (broad SMARTS) is 1. The molecule has 0 aliphatic carbocycles. The summed E-state index contributed by atoms with van der Waals surface area (Å²) in [4.78, 5) is 12.2. The number of fused-ring (bicyclic) bond motifs is 1. The monoisotopic (exact) mass is 255 g/mol. The van der Waals surface area contributed by atoms with Crippen LogP contribution in [0.15, 0.2) is 34.9 Å². The van der Waals surface area contributed by atoms with Crippen LogP contribution in [0.3, 0.4) is 0 Å². The summed E-state index contributed by atoms with van der Waals surface area (Å²) in [6.07, 6.45) is 0. The first kappa shape index (κ1) is 10.8. The molecule has 0 saturated carbocycles. The van der Waals surface area contributed by atoms with Gasteiger partial charge in [-0.3, -0.25) is 4.79 Å². The minimum Gasteiger partial charge on any atom is -0.481 e. The molecule has 0 aliphatic rings. The molecule has 1 aromatic carbocycles. The van der Waals surface area contributed by atoms with Gasteiger partial charge in [0.05, 0.1) is 4.60 Å². The summed E-state index contributed by atoms with van der Waals surface area (Å²) >= 11 is 3.37. The van der Waals surface area contributed by atoms with Crippen molar-refractivity contribution in [2.24, 2.45) is 0 Å². The van der Waals surface area contributed by atoms with E-state index >= 15 is 0 Å². The van der Waals surface area contributed by atoms with Crippen molar-refractivity contribution < 1.29 is 9.90 Å². The molecule has 0 radical (unpaired) electrons. The maximum absolute atomic E-state index is 9.00. The zero-order chi connectivity index (χ0) is 10.6. The number of H-pyrrole nitrogens is 1. The van der Waals surface area contributed by atoms with E-state index in [2.05, 4.69) is 39.1 Å². The number of hydrogen-bond donors (Lipinski definition) is 2. The molecule has 1 heterocycles. The van der Waals surface area contributed by atoms with E-state index in [1.807, 2.05) is 12.1 Å². The normalized spacial score (nSPS) is 9.29. The molecule has 2 aromatic rings. The van der Waals surface area contributed by atoms with Crippen LogP contribution in [-0.4, -0.2) is 16.1 Å². The first-order chi connectivity index (χ1) is 6.59. The van der Waals surface area contributed by atoms with E-state index in [4.69, 9.17) is 9.90 Å². The summed E-state index contributed by atoms with van der Waals surface area (Å²) in [5, 5.41) is 8.66. The first-order valence-corrected chi connectivity index (χ1v) is 4.81. The van der Waals surface area contributed by atoms with Crippen molar-refractivity contribution in [3.05, 3.63) is 34.9 Å². The van der Waals surface area contributed by atoms with Crippen LogP contribution < -0.4 is 0 Å². The predicted octanol–water partition coefficient (Wildman–Crippen LogP) is 3.02.